The van der Waals surface area contributed by atoms with E-state index in [1.165, 1.54) is 49.8 Å². The van der Waals surface area contributed by atoms with Gasteiger partial charge in [0.1, 0.15) is 0 Å². The van der Waals surface area contributed by atoms with Crippen molar-refractivity contribution in [1.82, 2.24) is 0 Å². The molecular weight excluding hydrogens is 268 g/mol. The molecule has 1 saturated carbocycles. The van der Waals surface area contributed by atoms with E-state index < -0.39 is 0 Å². The summed E-state index contributed by atoms with van der Waals surface area (Å²) in [7, 11) is 0. The van der Waals surface area contributed by atoms with Crippen LogP contribution in [-0.4, -0.2) is 17.7 Å². The molecule has 108 valence electrons. The van der Waals surface area contributed by atoms with E-state index in [-0.39, 0.29) is 5.91 Å². The first-order valence-electron chi connectivity index (χ1n) is 7.64. The number of anilines is 2. The lowest BCUT2D eigenvalue weighted by atomic mass is 9.96. The van der Waals surface area contributed by atoms with Crippen LogP contribution in [0.3, 0.4) is 0 Å². The molecule has 0 radical (unpaired) electrons. The maximum Gasteiger partial charge on any atom is 0.234 e. The Kier molecular flexibility index (Phi) is 4.51. The highest BCUT2D eigenvalue weighted by atomic mass is 32.2. The summed E-state index contributed by atoms with van der Waals surface area (Å²) in [6.07, 6.45) is 9.32. The zero-order chi connectivity index (χ0) is 13.8. The molecule has 0 unspecified atom stereocenters. The van der Waals surface area contributed by atoms with E-state index in [0.29, 0.717) is 11.8 Å². The summed E-state index contributed by atoms with van der Waals surface area (Å²) in [6.45, 7) is 0. The van der Waals surface area contributed by atoms with Crippen LogP contribution in [0.25, 0.3) is 0 Å². The van der Waals surface area contributed by atoms with Crippen LogP contribution in [0.2, 0.25) is 0 Å². The molecule has 1 fully saturated rings. The van der Waals surface area contributed by atoms with Crippen LogP contribution in [-0.2, 0) is 4.79 Å². The molecule has 1 heterocycles. The number of carbonyl (C=O) groups is 1. The third kappa shape index (κ3) is 3.48. The van der Waals surface area contributed by atoms with Gasteiger partial charge in [-0.3, -0.25) is 4.79 Å². The molecule has 1 aliphatic carbocycles. The lowest BCUT2D eigenvalue weighted by Gasteiger charge is -2.23. The average Bonchev–Trinajstić information content (AvgIpc) is 2.41. The standard InChI is InChI=1S/C16H22N2OS/c19-16-11-20-15-9-8-13(10-14(15)18-16)17-12-6-4-2-1-3-5-7-12/h8-10,12,17H,1-7,11H2,(H,18,19). The Morgan fingerprint density at radius 2 is 1.85 bits per heavy atom. The van der Waals surface area contributed by atoms with Crippen LogP contribution in [0.5, 0.6) is 0 Å². The van der Waals surface area contributed by atoms with Gasteiger partial charge in [0.05, 0.1) is 11.4 Å². The topological polar surface area (TPSA) is 41.1 Å². The number of hydrogen-bond donors (Lipinski definition) is 2. The number of amides is 1. The van der Waals surface area contributed by atoms with E-state index in [2.05, 4.69) is 28.8 Å². The SMILES string of the molecule is O=C1CSc2ccc(NC3CCCCCCC3)cc2N1. The second-order valence-electron chi connectivity index (χ2n) is 5.73. The number of benzene rings is 1. The first-order chi connectivity index (χ1) is 9.81. The van der Waals surface area contributed by atoms with Crippen LogP contribution >= 0.6 is 11.8 Å². The summed E-state index contributed by atoms with van der Waals surface area (Å²) in [5.41, 5.74) is 2.10. The Labute approximate surface area is 124 Å². The summed E-state index contributed by atoms with van der Waals surface area (Å²) < 4.78 is 0. The van der Waals surface area contributed by atoms with Gasteiger partial charge in [0, 0.05) is 16.6 Å². The van der Waals surface area contributed by atoms with Crippen molar-refractivity contribution in [2.75, 3.05) is 16.4 Å². The Hall–Kier alpha value is -1.16. The third-order valence-corrected chi connectivity index (χ3v) is 5.16. The van der Waals surface area contributed by atoms with E-state index >= 15 is 0 Å². The van der Waals surface area contributed by atoms with Crippen LogP contribution in [0.15, 0.2) is 23.1 Å². The first-order valence-corrected chi connectivity index (χ1v) is 8.63. The van der Waals surface area contributed by atoms with Gasteiger partial charge in [0.2, 0.25) is 5.91 Å². The largest absolute Gasteiger partial charge is 0.382 e. The number of carbonyl (C=O) groups excluding carboxylic acids is 1. The van der Waals surface area contributed by atoms with Gasteiger partial charge in [-0.1, -0.05) is 32.1 Å². The second kappa shape index (κ2) is 6.53. The van der Waals surface area contributed by atoms with Gasteiger partial charge in [-0.2, -0.15) is 0 Å². The van der Waals surface area contributed by atoms with Crippen LogP contribution in [0.4, 0.5) is 11.4 Å². The molecule has 20 heavy (non-hydrogen) atoms. The number of thioether (sulfide) groups is 1. The Morgan fingerprint density at radius 1 is 1.10 bits per heavy atom. The van der Waals surface area contributed by atoms with Crippen molar-refractivity contribution in [2.24, 2.45) is 0 Å². The predicted octanol–water partition coefficient (Wildman–Crippen LogP) is 4.26. The molecule has 0 spiro atoms. The van der Waals surface area contributed by atoms with Crippen molar-refractivity contribution >= 4 is 29.0 Å². The zero-order valence-corrected chi connectivity index (χ0v) is 12.6. The third-order valence-electron chi connectivity index (χ3n) is 4.09. The molecular formula is C16H22N2OS. The number of fused-ring (bicyclic) bond motifs is 1. The molecule has 1 aromatic rings. The van der Waals surface area contributed by atoms with E-state index in [0.717, 1.165) is 11.4 Å². The summed E-state index contributed by atoms with van der Waals surface area (Å²) >= 11 is 1.62. The second-order valence-corrected chi connectivity index (χ2v) is 6.75. The molecule has 2 aliphatic rings. The molecule has 1 aromatic carbocycles. The molecule has 0 aromatic heterocycles. The summed E-state index contributed by atoms with van der Waals surface area (Å²) in [4.78, 5) is 12.6. The number of rotatable bonds is 2. The van der Waals surface area contributed by atoms with Crippen LogP contribution < -0.4 is 10.6 Å². The normalized spacial score (nSPS) is 20.5. The maximum atomic E-state index is 11.5. The molecule has 0 saturated heterocycles. The Balaban J connectivity index is 1.67. The highest BCUT2D eigenvalue weighted by Gasteiger charge is 2.16. The van der Waals surface area contributed by atoms with E-state index in [9.17, 15) is 4.79 Å². The summed E-state index contributed by atoms with van der Waals surface area (Å²) in [5.74, 6) is 0.633. The lowest BCUT2D eigenvalue weighted by molar-refractivity contribution is -0.113. The quantitative estimate of drug-likeness (QED) is 0.855. The molecule has 0 atom stereocenters. The van der Waals surface area contributed by atoms with Gasteiger partial charge in [0.25, 0.3) is 0 Å². The minimum Gasteiger partial charge on any atom is -0.382 e. The zero-order valence-electron chi connectivity index (χ0n) is 11.8. The van der Waals surface area contributed by atoms with Gasteiger partial charge in [-0.05, 0) is 31.0 Å². The highest BCUT2D eigenvalue weighted by Crippen LogP contribution is 2.34. The van der Waals surface area contributed by atoms with Crippen molar-refractivity contribution in [3.63, 3.8) is 0 Å². The minimum atomic E-state index is 0.102. The van der Waals surface area contributed by atoms with E-state index in [4.69, 9.17) is 0 Å². The van der Waals surface area contributed by atoms with Crippen molar-refractivity contribution < 1.29 is 4.79 Å². The monoisotopic (exact) mass is 290 g/mol. The minimum absolute atomic E-state index is 0.102. The average molecular weight is 290 g/mol. The van der Waals surface area contributed by atoms with Gasteiger partial charge in [-0.25, -0.2) is 0 Å². The van der Waals surface area contributed by atoms with Crippen molar-refractivity contribution in [3.05, 3.63) is 18.2 Å². The van der Waals surface area contributed by atoms with Crippen LogP contribution in [0, 0.1) is 0 Å². The molecule has 2 N–H and O–H groups in total. The fourth-order valence-electron chi connectivity index (χ4n) is 3.01. The van der Waals surface area contributed by atoms with Crippen LogP contribution in [0.1, 0.15) is 44.9 Å². The van der Waals surface area contributed by atoms with E-state index in [1.807, 2.05) is 0 Å². The molecule has 0 bridgehead atoms. The number of hydrogen-bond acceptors (Lipinski definition) is 3. The van der Waals surface area contributed by atoms with Crippen molar-refractivity contribution in [2.45, 2.75) is 55.9 Å². The predicted molar refractivity (Wildman–Crippen MR) is 85.5 cm³/mol. The van der Waals surface area contributed by atoms with Gasteiger partial charge in [0.15, 0.2) is 0 Å². The first kappa shape index (κ1) is 13.8. The molecule has 1 amide bonds. The van der Waals surface area contributed by atoms with Gasteiger partial charge in [-0.15, -0.1) is 11.8 Å². The van der Waals surface area contributed by atoms with Crippen molar-refractivity contribution in [3.8, 4) is 0 Å². The molecule has 3 rings (SSSR count). The summed E-state index contributed by atoms with van der Waals surface area (Å²) in [6, 6.07) is 6.92. The van der Waals surface area contributed by atoms with Gasteiger partial charge < -0.3 is 10.6 Å². The molecule has 4 heteroatoms. The molecule has 3 nitrogen and oxygen atoms in total. The highest BCUT2D eigenvalue weighted by molar-refractivity contribution is 8.00. The fraction of sp³-hybridized carbons (Fsp3) is 0.562. The van der Waals surface area contributed by atoms with Gasteiger partial charge >= 0.3 is 0 Å². The Bertz CT molecular complexity index is 481. The number of nitrogens with one attached hydrogen (secondary N) is 2. The smallest absolute Gasteiger partial charge is 0.234 e. The van der Waals surface area contributed by atoms with Crippen molar-refractivity contribution in [1.29, 1.82) is 0 Å². The summed E-state index contributed by atoms with van der Waals surface area (Å²) in [5, 5.41) is 6.61. The Morgan fingerprint density at radius 3 is 2.65 bits per heavy atom. The lowest BCUT2D eigenvalue weighted by Crippen LogP contribution is -2.22. The van der Waals surface area contributed by atoms with E-state index in [1.54, 1.807) is 11.8 Å². The molecule has 1 aliphatic heterocycles. The fourth-order valence-corrected chi connectivity index (χ4v) is 3.80. The maximum absolute atomic E-state index is 11.5.